The van der Waals surface area contributed by atoms with Crippen LogP contribution in [0.1, 0.15) is 10.4 Å². The molecule has 0 amide bonds. The van der Waals surface area contributed by atoms with Crippen LogP contribution in [0, 0.1) is 10.1 Å². The van der Waals surface area contributed by atoms with Crippen molar-refractivity contribution in [3.05, 3.63) is 110 Å². The van der Waals surface area contributed by atoms with E-state index in [0.717, 1.165) is 5.56 Å². The van der Waals surface area contributed by atoms with Crippen molar-refractivity contribution in [3.8, 4) is 27.6 Å². The molecule has 182 valence electrons. The second-order valence-corrected chi connectivity index (χ2v) is 8.55. The molecule has 37 heavy (non-hydrogen) atoms. The molecule has 0 fully saturated rings. The number of nitrogens with zero attached hydrogens (tertiary/aromatic N) is 5. The summed E-state index contributed by atoms with van der Waals surface area (Å²) in [6, 6.07) is 20.9. The van der Waals surface area contributed by atoms with Gasteiger partial charge in [0.25, 0.3) is 5.69 Å². The molecule has 0 spiro atoms. The van der Waals surface area contributed by atoms with Gasteiger partial charge in [-0.3, -0.25) is 20.0 Å². The quantitative estimate of drug-likeness (QED) is 0.155. The number of carbonyl (C=O) groups is 1. The first-order valence-corrected chi connectivity index (χ1v) is 11.6. The zero-order chi connectivity index (χ0) is 25.9. The molecular formula is C25H16N6O5S. The molecule has 3 aromatic carbocycles. The normalized spacial score (nSPS) is 11.1. The van der Waals surface area contributed by atoms with Gasteiger partial charge in [0.05, 0.1) is 27.6 Å². The fraction of sp³-hybridized carbons (Fsp3) is 0. The maximum absolute atomic E-state index is 13.4. The molecule has 5 rings (SSSR count). The van der Waals surface area contributed by atoms with Gasteiger partial charge in [0.2, 0.25) is 5.13 Å². The molecule has 0 bridgehead atoms. The highest BCUT2D eigenvalue weighted by Gasteiger charge is 2.20. The van der Waals surface area contributed by atoms with Gasteiger partial charge in [0, 0.05) is 28.6 Å². The third-order valence-electron chi connectivity index (χ3n) is 5.34. The van der Waals surface area contributed by atoms with Crippen molar-refractivity contribution in [1.29, 1.82) is 0 Å². The average molecular weight is 513 g/mol. The Morgan fingerprint density at radius 3 is 2.46 bits per heavy atom. The van der Waals surface area contributed by atoms with Crippen LogP contribution in [-0.4, -0.2) is 30.8 Å². The first-order chi connectivity index (χ1) is 17.9. The number of hydrogen-bond donors (Lipinski definition) is 2. The van der Waals surface area contributed by atoms with Gasteiger partial charge in [0.1, 0.15) is 0 Å². The number of nitrogens with one attached hydrogen (secondary N) is 1. The van der Waals surface area contributed by atoms with Gasteiger partial charge in [0.15, 0.2) is 5.69 Å². The van der Waals surface area contributed by atoms with Gasteiger partial charge < -0.3 is 5.11 Å². The summed E-state index contributed by atoms with van der Waals surface area (Å²) < 4.78 is 1.23. The summed E-state index contributed by atoms with van der Waals surface area (Å²) in [5, 5.41) is 33.7. The first-order valence-electron chi connectivity index (χ1n) is 10.8. The molecule has 0 unspecified atom stereocenters. The highest BCUT2D eigenvalue weighted by molar-refractivity contribution is 7.12. The minimum absolute atomic E-state index is 0.0229. The molecule has 0 aliphatic carbocycles. The second-order valence-electron chi connectivity index (χ2n) is 7.72. The van der Waals surface area contributed by atoms with E-state index in [1.807, 2.05) is 35.7 Å². The van der Waals surface area contributed by atoms with Gasteiger partial charge in [-0.25, -0.2) is 9.78 Å². The van der Waals surface area contributed by atoms with Crippen LogP contribution in [0.2, 0.25) is 0 Å². The number of carboxylic acids is 1. The lowest BCUT2D eigenvalue weighted by Gasteiger charge is -2.00. The number of aromatic carboxylic acids is 1. The van der Waals surface area contributed by atoms with Crippen LogP contribution < -0.4 is 5.56 Å². The van der Waals surface area contributed by atoms with E-state index in [4.69, 9.17) is 0 Å². The molecule has 0 aliphatic heterocycles. The fourth-order valence-corrected chi connectivity index (χ4v) is 4.32. The highest BCUT2D eigenvalue weighted by atomic mass is 32.1. The van der Waals surface area contributed by atoms with Gasteiger partial charge in [-0.1, -0.05) is 36.4 Å². The zero-order valence-electron chi connectivity index (χ0n) is 18.8. The van der Waals surface area contributed by atoms with Crippen molar-refractivity contribution in [2.24, 2.45) is 10.2 Å². The van der Waals surface area contributed by atoms with E-state index in [2.05, 4.69) is 20.3 Å². The van der Waals surface area contributed by atoms with Gasteiger partial charge >= 0.3 is 11.5 Å². The predicted octanol–water partition coefficient (Wildman–Crippen LogP) is 5.98. The minimum atomic E-state index is -1.12. The first kappa shape index (κ1) is 23.5. The van der Waals surface area contributed by atoms with Crippen LogP contribution in [0.5, 0.6) is 0 Å². The molecule has 2 N–H and O–H groups in total. The third kappa shape index (κ3) is 4.81. The number of carboxylic acid groups (broad SMARTS) is 1. The van der Waals surface area contributed by atoms with Crippen LogP contribution in [0.4, 0.5) is 17.1 Å². The Kier molecular flexibility index (Phi) is 6.22. The third-order valence-corrected chi connectivity index (χ3v) is 6.17. The smallest absolute Gasteiger partial charge is 0.335 e. The Bertz CT molecular complexity index is 1700. The number of aromatic amines is 1. The Balaban J connectivity index is 1.61. The van der Waals surface area contributed by atoms with Crippen molar-refractivity contribution in [3.63, 3.8) is 0 Å². The number of aromatic nitrogens is 3. The predicted molar refractivity (Wildman–Crippen MR) is 137 cm³/mol. The van der Waals surface area contributed by atoms with Crippen LogP contribution in [0.15, 0.2) is 99.3 Å². The Morgan fingerprint density at radius 2 is 1.76 bits per heavy atom. The topological polar surface area (TPSA) is 156 Å². The Morgan fingerprint density at radius 1 is 1.00 bits per heavy atom. The van der Waals surface area contributed by atoms with Crippen LogP contribution in [0.3, 0.4) is 0 Å². The molecular weight excluding hydrogens is 496 g/mol. The van der Waals surface area contributed by atoms with E-state index in [9.17, 15) is 24.8 Å². The molecule has 0 saturated carbocycles. The number of nitro groups is 1. The maximum atomic E-state index is 13.4. The monoisotopic (exact) mass is 512 g/mol. The average Bonchev–Trinajstić information content (AvgIpc) is 3.53. The molecule has 0 aliphatic rings. The summed E-state index contributed by atoms with van der Waals surface area (Å²) in [5.41, 5.74) is 1.87. The summed E-state index contributed by atoms with van der Waals surface area (Å²) >= 11 is 1.25. The summed E-state index contributed by atoms with van der Waals surface area (Å²) in [6.45, 7) is 0. The number of rotatable bonds is 7. The molecule has 2 heterocycles. The summed E-state index contributed by atoms with van der Waals surface area (Å²) in [7, 11) is 0. The molecule has 11 nitrogen and oxygen atoms in total. The maximum Gasteiger partial charge on any atom is 0.335 e. The number of benzene rings is 3. The number of nitro benzene ring substituents is 1. The number of non-ortho nitro benzene ring substituents is 1. The summed E-state index contributed by atoms with van der Waals surface area (Å²) in [4.78, 5) is 39.8. The molecule has 5 aromatic rings. The largest absolute Gasteiger partial charge is 0.478 e. The van der Waals surface area contributed by atoms with E-state index in [0.29, 0.717) is 16.4 Å². The van der Waals surface area contributed by atoms with Gasteiger partial charge in [-0.2, -0.15) is 9.80 Å². The van der Waals surface area contributed by atoms with Gasteiger partial charge in [-0.15, -0.1) is 16.5 Å². The number of thiazole rings is 1. The number of hydrogen-bond acceptors (Lipinski definition) is 8. The molecule has 0 radical (unpaired) electrons. The molecule has 0 saturated heterocycles. The second kappa shape index (κ2) is 9.79. The van der Waals surface area contributed by atoms with E-state index < -0.39 is 16.5 Å². The Hall–Kier alpha value is -5.23. The lowest BCUT2D eigenvalue weighted by Crippen LogP contribution is -2.13. The summed E-state index contributed by atoms with van der Waals surface area (Å²) in [5.74, 6) is -1.12. The van der Waals surface area contributed by atoms with E-state index in [1.54, 1.807) is 6.07 Å². The minimum Gasteiger partial charge on any atom is -0.478 e. The van der Waals surface area contributed by atoms with Crippen LogP contribution in [-0.2, 0) is 0 Å². The SMILES string of the molecule is O=C(O)c1cccc(N=Nc2c(-c3ccc([N+](=O)[O-])cc3)[nH]n(-c3nc(-c4ccccc4)cs3)c2=O)c1. The van der Waals surface area contributed by atoms with Gasteiger partial charge in [-0.05, 0) is 30.3 Å². The van der Waals surface area contributed by atoms with Crippen molar-refractivity contribution < 1.29 is 14.8 Å². The lowest BCUT2D eigenvalue weighted by atomic mass is 10.1. The molecule has 0 atom stereocenters. The van der Waals surface area contributed by atoms with Crippen LogP contribution in [0.25, 0.3) is 27.6 Å². The zero-order valence-corrected chi connectivity index (χ0v) is 19.6. The standard InChI is InChI=1S/C25H16N6O5S/c32-23-22(28-27-18-8-4-7-17(13-18)24(33)34)21(16-9-11-19(12-10-16)31(35)36)29-30(23)25-26-20(14-37-25)15-5-2-1-3-6-15/h1-14,29H,(H,33,34). The van der Waals surface area contributed by atoms with Crippen molar-refractivity contribution in [2.45, 2.75) is 0 Å². The number of H-pyrrole nitrogens is 1. The van der Waals surface area contributed by atoms with E-state index >= 15 is 0 Å². The van der Waals surface area contributed by atoms with Crippen LogP contribution >= 0.6 is 11.3 Å². The van der Waals surface area contributed by atoms with Crippen molar-refractivity contribution >= 4 is 34.4 Å². The van der Waals surface area contributed by atoms with Crippen molar-refractivity contribution in [1.82, 2.24) is 14.8 Å². The van der Waals surface area contributed by atoms with Crippen molar-refractivity contribution in [2.75, 3.05) is 0 Å². The van der Waals surface area contributed by atoms with E-state index in [1.165, 1.54) is 58.5 Å². The Labute approximate surface area is 212 Å². The number of azo groups is 1. The highest BCUT2D eigenvalue weighted by Crippen LogP contribution is 2.31. The molecule has 2 aromatic heterocycles. The summed E-state index contributed by atoms with van der Waals surface area (Å²) in [6.07, 6.45) is 0. The fourth-order valence-electron chi connectivity index (χ4n) is 3.52. The molecule has 12 heteroatoms. The van der Waals surface area contributed by atoms with E-state index in [-0.39, 0.29) is 28.3 Å². The lowest BCUT2D eigenvalue weighted by molar-refractivity contribution is -0.384.